The van der Waals surface area contributed by atoms with Crippen LogP contribution in [0.4, 0.5) is 0 Å². The lowest BCUT2D eigenvalue weighted by Crippen LogP contribution is -2.50. The molecule has 2 unspecified atom stereocenters. The number of aliphatic hydroxyl groups excluding tert-OH is 1. The topological polar surface area (TPSA) is 50.7 Å². The Kier molecular flexibility index (Phi) is 5.01. The molecule has 4 heteroatoms. The van der Waals surface area contributed by atoms with Crippen molar-refractivity contribution in [3.05, 3.63) is 0 Å². The maximum Gasteiger partial charge on any atom is 0.162 e. The molecule has 2 atom stereocenters. The van der Waals surface area contributed by atoms with Crippen LogP contribution in [0.1, 0.15) is 39.5 Å². The van der Waals surface area contributed by atoms with E-state index in [9.17, 15) is 5.11 Å². The van der Waals surface area contributed by atoms with E-state index in [1.807, 2.05) is 13.8 Å². The van der Waals surface area contributed by atoms with Crippen LogP contribution in [0.15, 0.2) is 0 Å². The Morgan fingerprint density at radius 3 is 2.33 bits per heavy atom. The molecule has 1 saturated heterocycles. The third-order valence-electron chi connectivity index (χ3n) is 4.23. The first-order valence-corrected chi connectivity index (χ1v) is 7.23. The maximum atomic E-state index is 9.39. The van der Waals surface area contributed by atoms with Gasteiger partial charge >= 0.3 is 0 Å². The summed E-state index contributed by atoms with van der Waals surface area (Å²) in [6.45, 7) is 6.63. The zero-order chi connectivity index (χ0) is 13.0. The second-order valence-corrected chi connectivity index (χ2v) is 6.11. The molecule has 1 saturated carbocycles. The molecule has 1 aliphatic carbocycles. The standard InChI is InChI=1S/C14H27NO3/c1-14(2)17-9-13(10-18-14)15-7-11-5-3-4-6-12(11)8-16/h11-13,15-16H,3-10H2,1-2H3. The van der Waals surface area contributed by atoms with Gasteiger partial charge in [0.1, 0.15) is 0 Å². The van der Waals surface area contributed by atoms with Gasteiger partial charge in [0.15, 0.2) is 5.79 Å². The zero-order valence-corrected chi connectivity index (χ0v) is 11.7. The first-order chi connectivity index (χ1) is 8.61. The minimum Gasteiger partial charge on any atom is -0.396 e. The summed E-state index contributed by atoms with van der Waals surface area (Å²) in [7, 11) is 0. The monoisotopic (exact) mass is 257 g/mol. The van der Waals surface area contributed by atoms with Crippen LogP contribution >= 0.6 is 0 Å². The fraction of sp³-hybridized carbons (Fsp3) is 1.00. The van der Waals surface area contributed by atoms with Crippen molar-refractivity contribution in [2.24, 2.45) is 11.8 Å². The molecule has 0 radical (unpaired) electrons. The van der Waals surface area contributed by atoms with Crippen molar-refractivity contribution in [2.45, 2.75) is 51.4 Å². The highest BCUT2D eigenvalue weighted by Gasteiger charge is 2.30. The Balaban J connectivity index is 1.71. The SMILES string of the molecule is CC1(C)OCC(NCC2CCCCC2CO)CO1. The summed E-state index contributed by atoms with van der Waals surface area (Å²) in [4.78, 5) is 0. The molecule has 2 aliphatic rings. The molecule has 106 valence electrons. The smallest absolute Gasteiger partial charge is 0.162 e. The summed E-state index contributed by atoms with van der Waals surface area (Å²) in [5, 5.41) is 12.9. The minimum atomic E-state index is -0.434. The van der Waals surface area contributed by atoms with Crippen LogP contribution in [0.3, 0.4) is 0 Å². The molecule has 0 amide bonds. The summed E-state index contributed by atoms with van der Waals surface area (Å²) < 4.78 is 11.3. The minimum absolute atomic E-state index is 0.291. The molecule has 0 aromatic rings. The fourth-order valence-corrected chi connectivity index (χ4v) is 2.92. The van der Waals surface area contributed by atoms with Gasteiger partial charge in [-0.25, -0.2) is 0 Å². The lowest BCUT2D eigenvalue weighted by atomic mass is 9.79. The van der Waals surface area contributed by atoms with Gasteiger partial charge in [-0.1, -0.05) is 12.8 Å². The van der Waals surface area contributed by atoms with Crippen molar-refractivity contribution < 1.29 is 14.6 Å². The molecule has 0 aromatic heterocycles. The first kappa shape index (κ1) is 14.3. The van der Waals surface area contributed by atoms with Gasteiger partial charge in [0.25, 0.3) is 0 Å². The Labute approximate surface area is 110 Å². The molecule has 2 N–H and O–H groups in total. The summed E-state index contributed by atoms with van der Waals surface area (Å²) in [6, 6.07) is 0.291. The maximum absolute atomic E-state index is 9.39. The van der Waals surface area contributed by atoms with E-state index in [2.05, 4.69) is 5.32 Å². The van der Waals surface area contributed by atoms with Crippen LogP contribution in [0.25, 0.3) is 0 Å². The molecule has 1 aliphatic heterocycles. The number of ether oxygens (including phenoxy) is 2. The van der Waals surface area contributed by atoms with Crippen LogP contribution in [0.2, 0.25) is 0 Å². The predicted molar refractivity (Wildman–Crippen MR) is 70.3 cm³/mol. The summed E-state index contributed by atoms with van der Waals surface area (Å²) in [6.07, 6.45) is 4.98. The largest absolute Gasteiger partial charge is 0.396 e. The number of nitrogens with one attached hydrogen (secondary N) is 1. The predicted octanol–water partition coefficient (Wildman–Crippen LogP) is 1.53. The zero-order valence-electron chi connectivity index (χ0n) is 11.7. The van der Waals surface area contributed by atoms with Crippen LogP contribution in [-0.4, -0.2) is 43.3 Å². The van der Waals surface area contributed by atoms with Gasteiger partial charge in [-0.15, -0.1) is 0 Å². The van der Waals surface area contributed by atoms with Crippen molar-refractivity contribution in [1.29, 1.82) is 0 Å². The number of rotatable bonds is 4. The highest BCUT2D eigenvalue weighted by atomic mass is 16.7. The average molecular weight is 257 g/mol. The lowest BCUT2D eigenvalue weighted by Gasteiger charge is -2.37. The quantitative estimate of drug-likeness (QED) is 0.802. The highest BCUT2D eigenvalue weighted by Crippen LogP contribution is 2.29. The molecular weight excluding hydrogens is 230 g/mol. The molecule has 0 aromatic carbocycles. The van der Waals surface area contributed by atoms with Crippen LogP contribution in [0, 0.1) is 11.8 Å². The van der Waals surface area contributed by atoms with Gasteiger partial charge in [-0.05, 0) is 45.1 Å². The van der Waals surface area contributed by atoms with E-state index >= 15 is 0 Å². The molecule has 2 fully saturated rings. The van der Waals surface area contributed by atoms with Gasteiger partial charge in [0.2, 0.25) is 0 Å². The van der Waals surface area contributed by atoms with Gasteiger partial charge in [-0.3, -0.25) is 0 Å². The molecule has 2 rings (SSSR count). The van der Waals surface area contributed by atoms with Crippen molar-refractivity contribution >= 4 is 0 Å². The highest BCUT2D eigenvalue weighted by molar-refractivity contribution is 4.80. The summed E-state index contributed by atoms with van der Waals surface area (Å²) in [5.41, 5.74) is 0. The molecule has 1 heterocycles. The van der Waals surface area contributed by atoms with E-state index in [1.54, 1.807) is 0 Å². The average Bonchev–Trinajstić information content (AvgIpc) is 2.38. The van der Waals surface area contributed by atoms with Crippen molar-refractivity contribution in [3.8, 4) is 0 Å². The summed E-state index contributed by atoms with van der Waals surface area (Å²) in [5.74, 6) is 0.656. The van der Waals surface area contributed by atoms with Crippen LogP contribution < -0.4 is 5.32 Å². The van der Waals surface area contributed by atoms with E-state index < -0.39 is 5.79 Å². The van der Waals surface area contributed by atoms with Gasteiger partial charge in [0.05, 0.1) is 19.3 Å². The normalized spacial score (nSPS) is 33.5. The third kappa shape index (κ3) is 3.92. The van der Waals surface area contributed by atoms with Crippen LogP contribution in [-0.2, 0) is 9.47 Å². The third-order valence-corrected chi connectivity index (χ3v) is 4.23. The van der Waals surface area contributed by atoms with Crippen molar-refractivity contribution in [1.82, 2.24) is 5.32 Å². The van der Waals surface area contributed by atoms with E-state index in [4.69, 9.17) is 9.47 Å². The Bertz CT molecular complexity index is 247. The van der Waals surface area contributed by atoms with Gasteiger partial charge in [0, 0.05) is 6.61 Å². The molecule has 18 heavy (non-hydrogen) atoms. The Morgan fingerprint density at radius 1 is 1.11 bits per heavy atom. The van der Waals surface area contributed by atoms with Crippen LogP contribution in [0.5, 0.6) is 0 Å². The van der Waals surface area contributed by atoms with E-state index in [0.29, 0.717) is 37.7 Å². The second-order valence-electron chi connectivity index (χ2n) is 6.11. The fourth-order valence-electron chi connectivity index (χ4n) is 2.92. The molecule has 4 nitrogen and oxygen atoms in total. The number of hydrogen-bond acceptors (Lipinski definition) is 4. The Hall–Kier alpha value is -0.160. The van der Waals surface area contributed by atoms with E-state index in [0.717, 1.165) is 6.54 Å². The Morgan fingerprint density at radius 2 is 1.72 bits per heavy atom. The van der Waals surface area contributed by atoms with Gasteiger partial charge in [-0.2, -0.15) is 0 Å². The van der Waals surface area contributed by atoms with E-state index in [1.165, 1.54) is 25.7 Å². The second kappa shape index (κ2) is 6.33. The van der Waals surface area contributed by atoms with E-state index in [-0.39, 0.29) is 0 Å². The van der Waals surface area contributed by atoms with Gasteiger partial charge < -0.3 is 19.9 Å². The van der Waals surface area contributed by atoms with Crippen molar-refractivity contribution in [3.63, 3.8) is 0 Å². The molecular formula is C14H27NO3. The first-order valence-electron chi connectivity index (χ1n) is 7.23. The molecule has 0 spiro atoms. The number of aliphatic hydroxyl groups is 1. The lowest BCUT2D eigenvalue weighted by molar-refractivity contribution is -0.253. The number of hydrogen-bond donors (Lipinski definition) is 2. The van der Waals surface area contributed by atoms with Crippen molar-refractivity contribution in [2.75, 3.05) is 26.4 Å². The molecule has 0 bridgehead atoms. The summed E-state index contributed by atoms with van der Waals surface area (Å²) >= 11 is 0.